The van der Waals surface area contributed by atoms with Gasteiger partial charge in [-0.3, -0.25) is 4.79 Å². The Morgan fingerprint density at radius 3 is 2.93 bits per heavy atom. The van der Waals surface area contributed by atoms with E-state index in [2.05, 4.69) is 20.4 Å². The zero-order chi connectivity index (χ0) is 18.6. The first kappa shape index (κ1) is 17.7. The molecule has 0 aliphatic heterocycles. The van der Waals surface area contributed by atoms with Crippen LogP contribution in [0.1, 0.15) is 66.0 Å². The standard InChI is InChI=1S/C19H22N4O4/c1-25-11-16-22-17(27-23-16)10-20-18(24)13-7-8-14-15(9-13)26-19(21-14)12-5-3-2-4-6-12/h7-9,12H,2-6,10-11H2,1H3,(H,20,24). The molecule has 3 aromatic rings. The number of hydrogen-bond acceptors (Lipinski definition) is 7. The molecule has 8 heteroatoms. The number of oxazole rings is 1. The first-order chi connectivity index (χ1) is 13.2. The molecule has 0 spiro atoms. The number of methoxy groups -OCH3 is 1. The molecule has 1 N–H and O–H groups in total. The molecule has 1 aromatic carbocycles. The Kier molecular flexibility index (Phi) is 5.15. The molecule has 1 aliphatic rings. The van der Waals surface area contributed by atoms with E-state index in [-0.39, 0.29) is 19.1 Å². The fourth-order valence-electron chi connectivity index (χ4n) is 3.42. The number of carbonyl (C=O) groups excluding carboxylic acids is 1. The summed E-state index contributed by atoms with van der Waals surface area (Å²) >= 11 is 0. The highest BCUT2D eigenvalue weighted by molar-refractivity contribution is 5.96. The lowest BCUT2D eigenvalue weighted by Gasteiger charge is -2.17. The minimum Gasteiger partial charge on any atom is -0.440 e. The maximum absolute atomic E-state index is 12.4. The fourth-order valence-corrected chi connectivity index (χ4v) is 3.42. The van der Waals surface area contributed by atoms with E-state index in [1.165, 1.54) is 19.3 Å². The zero-order valence-electron chi connectivity index (χ0n) is 15.2. The highest BCUT2D eigenvalue weighted by atomic mass is 16.5. The van der Waals surface area contributed by atoms with Crippen molar-refractivity contribution >= 4 is 17.0 Å². The van der Waals surface area contributed by atoms with Crippen molar-refractivity contribution in [2.75, 3.05) is 7.11 Å². The Hall–Kier alpha value is -2.74. The summed E-state index contributed by atoms with van der Waals surface area (Å²) < 4.78 is 15.9. The summed E-state index contributed by atoms with van der Waals surface area (Å²) in [5.74, 6) is 1.72. The van der Waals surface area contributed by atoms with Crippen LogP contribution in [-0.2, 0) is 17.9 Å². The molecule has 1 aliphatic carbocycles. The average molecular weight is 370 g/mol. The number of fused-ring (bicyclic) bond motifs is 1. The Bertz CT molecular complexity index is 927. The van der Waals surface area contributed by atoms with Gasteiger partial charge in [-0.2, -0.15) is 4.98 Å². The second-order valence-electron chi connectivity index (χ2n) is 6.79. The molecule has 2 heterocycles. The molecule has 0 saturated heterocycles. The van der Waals surface area contributed by atoms with Crippen LogP contribution in [0.2, 0.25) is 0 Å². The first-order valence-corrected chi connectivity index (χ1v) is 9.22. The number of nitrogens with zero attached hydrogens (tertiary/aromatic N) is 3. The maximum Gasteiger partial charge on any atom is 0.251 e. The van der Waals surface area contributed by atoms with Gasteiger partial charge in [0.15, 0.2) is 17.3 Å². The number of nitrogens with one attached hydrogen (secondary N) is 1. The number of aromatic nitrogens is 3. The van der Waals surface area contributed by atoms with Crippen LogP contribution >= 0.6 is 0 Å². The molecule has 8 nitrogen and oxygen atoms in total. The number of carbonyl (C=O) groups is 1. The van der Waals surface area contributed by atoms with Gasteiger partial charge in [0.1, 0.15) is 12.1 Å². The van der Waals surface area contributed by atoms with Crippen molar-refractivity contribution in [1.29, 1.82) is 0 Å². The van der Waals surface area contributed by atoms with Gasteiger partial charge in [0, 0.05) is 18.6 Å². The minimum absolute atomic E-state index is 0.150. The Morgan fingerprint density at radius 1 is 1.26 bits per heavy atom. The van der Waals surface area contributed by atoms with E-state index in [1.807, 2.05) is 6.07 Å². The molecule has 1 amide bonds. The normalized spacial score (nSPS) is 15.3. The summed E-state index contributed by atoms with van der Waals surface area (Å²) in [4.78, 5) is 21.1. The third kappa shape index (κ3) is 4.00. The Balaban J connectivity index is 1.43. The second-order valence-corrected chi connectivity index (χ2v) is 6.79. The third-order valence-electron chi connectivity index (χ3n) is 4.81. The van der Waals surface area contributed by atoms with Crippen molar-refractivity contribution in [1.82, 2.24) is 20.4 Å². The van der Waals surface area contributed by atoms with Crippen LogP contribution in [0.15, 0.2) is 27.1 Å². The quantitative estimate of drug-likeness (QED) is 0.710. The Morgan fingerprint density at radius 2 is 2.11 bits per heavy atom. The molecule has 0 radical (unpaired) electrons. The number of amides is 1. The van der Waals surface area contributed by atoms with Gasteiger partial charge in [-0.15, -0.1) is 0 Å². The molecule has 1 fully saturated rings. The average Bonchev–Trinajstić information content (AvgIpc) is 3.33. The summed E-state index contributed by atoms with van der Waals surface area (Å²) in [6.07, 6.45) is 5.97. The van der Waals surface area contributed by atoms with Crippen LogP contribution in [0.3, 0.4) is 0 Å². The van der Waals surface area contributed by atoms with Crippen LogP contribution in [0.5, 0.6) is 0 Å². The Labute approximate surface area is 156 Å². The van der Waals surface area contributed by atoms with E-state index in [9.17, 15) is 4.79 Å². The van der Waals surface area contributed by atoms with Crippen molar-refractivity contribution < 1.29 is 18.5 Å². The van der Waals surface area contributed by atoms with Gasteiger partial charge < -0.3 is 19.0 Å². The van der Waals surface area contributed by atoms with Gasteiger partial charge in [-0.25, -0.2) is 4.98 Å². The maximum atomic E-state index is 12.4. The summed E-state index contributed by atoms with van der Waals surface area (Å²) in [7, 11) is 1.55. The summed E-state index contributed by atoms with van der Waals surface area (Å²) in [6, 6.07) is 5.30. The number of benzene rings is 1. The third-order valence-corrected chi connectivity index (χ3v) is 4.81. The van der Waals surface area contributed by atoms with Gasteiger partial charge >= 0.3 is 0 Å². The molecule has 27 heavy (non-hydrogen) atoms. The molecule has 1 saturated carbocycles. The minimum atomic E-state index is -0.237. The largest absolute Gasteiger partial charge is 0.440 e. The second kappa shape index (κ2) is 7.87. The number of ether oxygens (including phenoxy) is 1. The van der Waals surface area contributed by atoms with E-state index in [4.69, 9.17) is 13.7 Å². The molecule has 0 unspecified atom stereocenters. The zero-order valence-corrected chi connectivity index (χ0v) is 15.2. The van der Waals surface area contributed by atoms with E-state index in [1.54, 1.807) is 19.2 Å². The van der Waals surface area contributed by atoms with Gasteiger partial charge in [0.05, 0.1) is 6.54 Å². The van der Waals surface area contributed by atoms with Gasteiger partial charge in [-0.05, 0) is 31.0 Å². The van der Waals surface area contributed by atoms with Crippen LogP contribution < -0.4 is 5.32 Å². The molecule has 2 aromatic heterocycles. The van der Waals surface area contributed by atoms with Crippen LogP contribution in [0, 0.1) is 0 Å². The van der Waals surface area contributed by atoms with E-state index >= 15 is 0 Å². The smallest absolute Gasteiger partial charge is 0.251 e. The van der Waals surface area contributed by atoms with Crippen molar-refractivity contribution in [3.8, 4) is 0 Å². The molecular formula is C19H22N4O4. The van der Waals surface area contributed by atoms with Crippen LogP contribution in [-0.4, -0.2) is 28.1 Å². The van der Waals surface area contributed by atoms with E-state index in [0.29, 0.717) is 28.8 Å². The summed E-state index contributed by atoms with van der Waals surface area (Å²) in [6.45, 7) is 0.417. The lowest BCUT2D eigenvalue weighted by molar-refractivity contribution is 0.0946. The monoisotopic (exact) mass is 370 g/mol. The highest BCUT2D eigenvalue weighted by Crippen LogP contribution is 2.33. The lowest BCUT2D eigenvalue weighted by atomic mass is 9.89. The van der Waals surface area contributed by atoms with Crippen molar-refractivity contribution in [2.45, 2.75) is 51.2 Å². The number of hydrogen-bond donors (Lipinski definition) is 1. The number of rotatable bonds is 6. The van der Waals surface area contributed by atoms with E-state index < -0.39 is 0 Å². The van der Waals surface area contributed by atoms with Crippen LogP contribution in [0.25, 0.3) is 11.1 Å². The summed E-state index contributed by atoms with van der Waals surface area (Å²) in [5.41, 5.74) is 1.93. The molecular weight excluding hydrogens is 348 g/mol. The van der Waals surface area contributed by atoms with Gasteiger partial charge in [0.25, 0.3) is 5.91 Å². The first-order valence-electron chi connectivity index (χ1n) is 9.22. The predicted molar refractivity (Wildman–Crippen MR) is 96.0 cm³/mol. The highest BCUT2D eigenvalue weighted by Gasteiger charge is 2.21. The molecule has 4 rings (SSSR count). The fraction of sp³-hybridized carbons (Fsp3) is 0.474. The lowest BCUT2D eigenvalue weighted by Crippen LogP contribution is -2.22. The van der Waals surface area contributed by atoms with Crippen molar-refractivity contribution in [2.24, 2.45) is 0 Å². The predicted octanol–water partition coefficient (Wildman–Crippen LogP) is 3.33. The molecule has 142 valence electrons. The van der Waals surface area contributed by atoms with Crippen molar-refractivity contribution in [3.63, 3.8) is 0 Å². The van der Waals surface area contributed by atoms with Crippen LogP contribution in [0.4, 0.5) is 0 Å². The molecule has 0 atom stereocenters. The van der Waals surface area contributed by atoms with Gasteiger partial charge in [-0.1, -0.05) is 24.4 Å². The van der Waals surface area contributed by atoms with Crippen molar-refractivity contribution in [3.05, 3.63) is 41.4 Å². The topological polar surface area (TPSA) is 103 Å². The molecule has 0 bridgehead atoms. The van der Waals surface area contributed by atoms with Gasteiger partial charge in [0.2, 0.25) is 5.89 Å². The summed E-state index contributed by atoms with van der Waals surface area (Å²) in [5, 5.41) is 6.53. The van der Waals surface area contributed by atoms with E-state index in [0.717, 1.165) is 24.2 Å². The SMILES string of the molecule is COCc1noc(CNC(=O)c2ccc3nc(C4CCCCC4)oc3c2)n1.